The minimum absolute atomic E-state index is 0.201. The summed E-state index contributed by atoms with van der Waals surface area (Å²) in [7, 11) is -3.27. The molecule has 72 valence electrons. The minimum atomic E-state index is -3.27. The molecule has 1 fully saturated rings. The lowest BCUT2D eigenvalue weighted by Gasteiger charge is -2.07. The van der Waals surface area contributed by atoms with E-state index in [-0.39, 0.29) is 12.7 Å². The summed E-state index contributed by atoms with van der Waals surface area (Å²) < 4.78 is 31.0. The maximum absolute atomic E-state index is 10.5. The van der Waals surface area contributed by atoms with Gasteiger partial charge < -0.3 is 4.74 Å². The Hall–Kier alpha value is -0.130. The van der Waals surface area contributed by atoms with Gasteiger partial charge in [-0.1, -0.05) is 0 Å². The molecule has 0 aromatic rings. The third-order valence-electron chi connectivity index (χ3n) is 1.76. The van der Waals surface area contributed by atoms with Crippen LogP contribution in [0.1, 0.15) is 19.3 Å². The van der Waals surface area contributed by atoms with Gasteiger partial charge in [0, 0.05) is 6.61 Å². The number of hydrogen-bond donors (Lipinski definition) is 0. The molecule has 0 radical (unpaired) electrons. The Labute approximate surface area is 73.0 Å². The molecule has 0 amide bonds. The van der Waals surface area contributed by atoms with Crippen LogP contribution in [0.2, 0.25) is 0 Å². The molecule has 5 heteroatoms. The van der Waals surface area contributed by atoms with Crippen LogP contribution in [0.3, 0.4) is 0 Å². The molecule has 1 aliphatic rings. The van der Waals surface area contributed by atoms with Crippen LogP contribution in [-0.4, -0.2) is 34.0 Å². The van der Waals surface area contributed by atoms with Crippen LogP contribution in [0.4, 0.5) is 0 Å². The van der Waals surface area contributed by atoms with Crippen molar-refractivity contribution in [3.8, 4) is 0 Å². The lowest BCUT2D eigenvalue weighted by atomic mass is 10.2. The Kier molecular flexibility index (Phi) is 3.49. The minimum Gasteiger partial charge on any atom is -0.378 e. The average Bonchev–Trinajstić information content (AvgIpc) is 2.36. The molecular formula is C7H14O4S. The molecule has 1 unspecified atom stereocenters. The average molecular weight is 194 g/mol. The SMILES string of the molecule is CS(=O)(=O)OCCC1CCCO1. The first kappa shape index (κ1) is 9.95. The smallest absolute Gasteiger partial charge is 0.264 e. The second kappa shape index (κ2) is 4.20. The summed E-state index contributed by atoms with van der Waals surface area (Å²) in [4.78, 5) is 0. The molecule has 4 nitrogen and oxygen atoms in total. The van der Waals surface area contributed by atoms with E-state index in [4.69, 9.17) is 4.74 Å². The zero-order chi connectivity index (χ0) is 9.03. The van der Waals surface area contributed by atoms with Crippen LogP contribution >= 0.6 is 0 Å². The summed E-state index contributed by atoms with van der Waals surface area (Å²) in [5.74, 6) is 0. The Balaban J connectivity index is 2.09. The summed E-state index contributed by atoms with van der Waals surface area (Å²) in [6.45, 7) is 1.03. The molecule has 1 aliphatic heterocycles. The summed E-state index contributed by atoms with van der Waals surface area (Å²) in [6, 6.07) is 0. The van der Waals surface area contributed by atoms with Crippen LogP contribution < -0.4 is 0 Å². The molecule has 0 aliphatic carbocycles. The van der Waals surface area contributed by atoms with Gasteiger partial charge in [-0.2, -0.15) is 8.42 Å². The fourth-order valence-electron chi connectivity index (χ4n) is 1.20. The van der Waals surface area contributed by atoms with E-state index in [0.717, 1.165) is 25.7 Å². The summed E-state index contributed by atoms with van der Waals surface area (Å²) in [6.07, 6.45) is 4.03. The van der Waals surface area contributed by atoms with Gasteiger partial charge in [0.1, 0.15) is 0 Å². The van der Waals surface area contributed by atoms with Crippen molar-refractivity contribution in [1.82, 2.24) is 0 Å². The third kappa shape index (κ3) is 4.04. The fourth-order valence-corrected chi connectivity index (χ4v) is 1.60. The lowest BCUT2D eigenvalue weighted by molar-refractivity contribution is 0.0915. The van der Waals surface area contributed by atoms with E-state index in [1.807, 2.05) is 0 Å². The molecule has 1 rings (SSSR count). The van der Waals surface area contributed by atoms with Crippen molar-refractivity contribution in [2.24, 2.45) is 0 Å². The van der Waals surface area contributed by atoms with Gasteiger partial charge in [-0.25, -0.2) is 0 Å². The Morgan fingerprint density at radius 3 is 2.83 bits per heavy atom. The molecule has 0 aromatic carbocycles. The number of rotatable bonds is 4. The second-order valence-corrected chi connectivity index (χ2v) is 4.59. The number of hydrogen-bond acceptors (Lipinski definition) is 4. The highest BCUT2D eigenvalue weighted by Gasteiger charge is 2.15. The van der Waals surface area contributed by atoms with E-state index in [1.165, 1.54) is 0 Å². The predicted molar refractivity (Wildman–Crippen MR) is 44.4 cm³/mol. The zero-order valence-electron chi connectivity index (χ0n) is 7.15. The monoisotopic (exact) mass is 194 g/mol. The van der Waals surface area contributed by atoms with Crippen molar-refractivity contribution in [2.75, 3.05) is 19.5 Å². The molecule has 12 heavy (non-hydrogen) atoms. The largest absolute Gasteiger partial charge is 0.378 e. The summed E-state index contributed by atoms with van der Waals surface area (Å²) in [5, 5.41) is 0. The molecule has 1 saturated heterocycles. The van der Waals surface area contributed by atoms with Gasteiger partial charge in [0.15, 0.2) is 0 Å². The lowest BCUT2D eigenvalue weighted by Crippen LogP contribution is -2.11. The van der Waals surface area contributed by atoms with Crippen LogP contribution in [0.15, 0.2) is 0 Å². The highest BCUT2D eigenvalue weighted by atomic mass is 32.2. The number of ether oxygens (including phenoxy) is 1. The van der Waals surface area contributed by atoms with E-state index in [0.29, 0.717) is 6.42 Å². The van der Waals surface area contributed by atoms with Crippen molar-refractivity contribution in [1.29, 1.82) is 0 Å². The maximum Gasteiger partial charge on any atom is 0.264 e. The van der Waals surface area contributed by atoms with Gasteiger partial charge in [-0.05, 0) is 19.3 Å². The first-order valence-electron chi connectivity index (χ1n) is 4.04. The third-order valence-corrected chi connectivity index (χ3v) is 2.36. The van der Waals surface area contributed by atoms with Crippen LogP contribution in [-0.2, 0) is 19.0 Å². The Bertz CT molecular complexity index is 216. The summed E-state index contributed by atoms with van der Waals surface area (Å²) >= 11 is 0. The van der Waals surface area contributed by atoms with Crippen molar-refractivity contribution >= 4 is 10.1 Å². The van der Waals surface area contributed by atoms with E-state index in [2.05, 4.69) is 4.18 Å². The zero-order valence-corrected chi connectivity index (χ0v) is 7.97. The standard InChI is InChI=1S/C7H14O4S/c1-12(8,9)11-6-4-7-3-2-5-10-7/h7H,2-6H2,1H3. The predicted octanol–water partition coefficient (Wildman–Crippen LogP) is 0.532. The van der Waals surface area contributed by atoms with Gasteiger partial charge in [-0.15, -0.1) is 0 Å². The first-order chi connectivity index (χ1) is 5.58. The fraction of sp³-hybridized carbons (Fsp3) is 1.00. The van der Waals surface area contributed by atoms with Crippen LogP contribution in [0.25, 0.3) is 0 Å². The van der Waals surface area contributed by atoms with Crippen LogP contribution in [0.5, 0.6) is 0 Å². The van der Waals surface area contributed by atoms with E-state index in [1.54, 1.807) is 0 Å². The molecular weight excluding hydrogens is 180 g/mol. The van der Waals surface area contributed by atoms with Gasteiger partial charge in [-0.3, -0.25) is 4.18 Å². The molecule has 0 bridgehead atoms. The molecule has 0 spiro atoms. The maximum atomic E-state index is 10.5. The first-order valence-corrected chi connectivity index (χ1v) is 5.85. The van der Waals surface area contributed by atoms with Crippen molar-refractivity contribution in [2.45, 2.75) is 25.4 Å². The molecule has 1 heterocycles. The molecule has 0 saturated carbocycles. The normalized spacial score (nSPS) is 24.6. The Morgan fingerprint density at radius 2 is 2.33 bits per heavy atom. The second-order valence-electron chi connectivity index (χ2n) is 2.95. The van der Waals surface area contributed by atoms with Gasteiger partial charge >= 0.3 is 0 Å². The highest BCUT2D eigenvalue weighted by Crippen LogP contribution is 2.15. The van der Waals surface area contributed by atoms with E-state index >= 15 is 0 Å². The van der Waals surface area contributed by atoms with Gasteiger partial charge in [0.2, 0.25) is 0 Å². The van der Waals surface area contributed by atoms with Crippen LogP contribution in [0, 0.1) is 0 Å². The van der Waals surface area contributed by atoms with E-state index < -0.39 is 10.1 Å². The Morgan fingerprint density at radius 1 is 1.58 bits per heavy atom. The molecule has 0 N–H and O–H groups in total. The molecule has 1 atom stereocenters. The van der Waals surface area contributed by atoms with E-state index in [9.17, 15) is 8.42 Å². The van der Waals surface area contributed by atoms with Gasteiger partial charge in [0.25, 0.3) is 10.1 Å². The van der Waals surface area contributed by atoms with Crippen molar-refractivity contribution in [3.05, 3.63) is 0 Å². The topological polar surface area (TPSA) is 52.6 Å². The molecule has 0 aromatic heterocycles. The quantitative estimate of drug-likeness (QED) is 0.613. The van der Waals surface area contributed by atoms with Gasteiger partial charge in [0.05, 0.1) is 19.0 Å². The van der Waals surface area contributed by atoms with Crippen molar-refractivity contribution < 1.29 is 17.3 Å². The summed E-state index contributed by atoms with van der Waals surface area (Å²) in [5.41, 5.74) is 0. The van der Waals surface area contributed by atoms with Crippen molar-refractivity contribution in [3.63, 3.8) is 0 Å². The highest BCUT2D eigenvalue weighted by molar-refractivity contribution is 7.85.